The lowest BCUT2D eigenvalue weighted by Crippen LogP contribution is -2.40. The minimum Gasteiger partial charge on any atom is -0.491 e. The van der Waals surface area contributed by atoms with Gasteiger partial charge in [0.05, 0.1) is 19.3 Å². The normalized spacial score (nSPS) is 18.8. The van der Waals surface area contributed by atoms with Crippen LogP contribution in [-0.4, -0.2) is 67.1 Å². The first kappa shape index (κ1) is 21.4. The molecule has 2 aromatic rings. The van der Waals surface area contributed by atoms with Crippen LogP contribution < -0.4 is 4.74 Å². The quantitative estimate of drug-likeness (QED) is 0.741. The number of aryl methyl sites for hydroxylation is 2. The summed E-state index contributed by atoms with van der Waals surface area (Å²) in [6, 6.07) is 13.2. The summed E-state index contributed by atoms with van der Waals surface area (Å²) in [4.78, 5) is 29.3. The van der Waals surface area contributed by atoms with Gasteiger partial charge in [0, 0.05) is 30.8 Å². The molecule has 2 aromatic carbocycles. The zero-order chi connectivity index (χ0) is 21.8. The maximum Gasteiger partial charge on any atom is 0.254 e. The minimum atomic E-state index is 0.0239. The molecule has 164 valence electrons. The van der Waals surface area contributed by atoms with Crippen LogP contribution in [0.4, 0.5) is 0 Å². The van der Waals surface area contributed by atoms with E-state index in [1.165, 1.54) is 5.56 Å². The van der Waals surface area contributed by atoms with Crippen molar-refractivity contribution < 1.29 is 19.1 Å². The molecule has 2 amide bonds. The fourth-order valence-electron chi connectivity index (χ4n) is 4.15. The van der Waals surface area contributed by atoms with Crippen molar-refractivity contribution in [3.05, 3.63) is 64.7 Å². The summed E-state index contributed by atoms with van der Waals surface area (Å²) in [6.07, 6.45) is 1.92. The number of morpholine rings is 1. The highest BCUT2D eigenvalue weighted by Crippen LogP contribution is 2.23. The summed E-state index contributed by atoms with van der Waals surface area (Å²) in [5, 5.41) is 0. The Bertz CT molecular complexity index is 935. The molecule has 0 aliphatic carbocycles. The van der Waals surface area contributed by atoms with Gasteiger partial charge in [0.1, 0.15) is 12.4 Å². The third-order valence-electron chi connectivity index (χ3n) is 6.23. The second-order valence-electron chi connectivity index (χ2n) is 8.33. The van der Waals surface area contributed by atoms with E-state index in [4.69, 9.17) is 9.47 Å². The van der Waals surface area contributed by atoms with E-state index in [9.17, 15) is 9.59 Å². The fraction of sp³-hybridized carbons (Fsp3) is 0.440. The van der Waals surface area contributed by atoms with Gasteiger partial charge in [-0.25, -0.2) is 0 Å². The predicted molar refractivity (Wildman–Crippen MR) is 119 cm³/mol. The Balaban J connectivity index is 1.35. The summed E-state index contributed by atoms with van der Waals surface area (Å²) in [5.41, 5.74) is 3.71. The highest BCUT2D eigenvalue weighted by Gasteiger charge is 2.30. The van der Waals surface area contributed by atoms with E-state index < -0.39 is 0 Å². The number of amides is 2. The summed E-state index contributed by atoms with van der Waals surface area (Å²) in [5.74, 6) is 0.806. The summed E-state index contributed by atoms with van der Waals surface area (Å²) in [7, 11) is 0. The standard InChI is InChI=1S/C25H30N2O4/c1-18-5-6-21(16-19(18)2)25(29)27-11-3-4-22(27)17-31-23-9-7-20(8-10-23)24(28)26-12-14-30-15-13-26/h5-10,16,22H,3-4,11-15,17H2,1-2H3. The van der Waals surface area contributed by atoms with Gasteiger partial charge >= 0.3 is 0 Å². The first-order chi connectivity index (χ1) is 15.0. The Morgan fingerprint density at radius 1 is 0.935 bits per heavy atom. The van der Waals surface area contributed by atoms with Gasteiger partial charge in [-0.15, -0.1) is 0 Å². The SMILES string of the molecule is Cc1ccc(C(=O)N2CCCC2COc2ccc(C(=O)N3CCOCC3)cc2)cc1C. The Hall–Kier alpha value is -2.86. The van der Waals surface area contributed by atoms with Crippen LogP contribution in [0, 0.1) is 13.8 Å². The van der Waals surface area contributed by atoms with Crippen LogP contribution in [-0.2, 0) is 4.74 Å². The monoisotopic (exact) mass is 422 g/mol. The predicted octanol–water partition coefficient (Wildman–Crippen LogP) is 3.46. The molecule has 2 heterocycles. The molecular weight excluding hydrogens is 392 g/mol. The Labute approximate surface area is 183 Å². The van der Waals surface area contributed by atoms with Crippen LogP contribution in [0.15, 0.2) is 42.5 Å². The average molecular weight is 423 g/mol. The van der Waals surface area contributed by atoms with Crippen LogP contribution in [0.2, 0.25) is 0 Å². The van der Waals surface area contributed by atoms with E-state index in [0.29, 0.717) is 44.2 Å². The molecule has 1 unspecified atom stereocenters. The molecule has 31 heavy (non-hydrogen) atoms. The molecule has 0 radical (unpaired) electrons. The van der Waals surface area contributed by atoms with Crippen molar-refractivity contribution in [1.29, 1.82) is 0 Å². The molecule has 2 saturated heterocycles. The van der Waals surface area contributed by atoms with Crippen LogP contribution in [0.1, 0.15) is 44.7 Å². The lowest BCUT2D eigenvalue weighted by molar-refractivity contribution is 0.0303. The smallest absolute Gasteiger partial charge is 0.254 e. The minimum absolute atomic E-state index is 0.0239. The number of likely N-dealkylation sites (tertiary alicyclic amines) is 1. The lowest BCUT2D eigenvalue weighted by atomic mass is 10.1. The molecule has 4 rings (SSSR count). The van der Waals surface area contributed by atoms with Crippen LogP contribution in [0.3, 0.4) is 0 Å². The Kier molecular flexibility index (Phi) is 6.56. The maximum absolute atomic E-state index is 13.0. The van der Waals surface area contributed by atoms with E-state index in [2.05, 4.69) is 6.92 Å². The Morgan fingerprint density at radius 3 is 2.35 bits per heavy atom. The first-order valence-electron chi connectivity index (χ1n) is 11.0. The van der Waals surface area contributed by atoms with E-state index in [1.54, 1.807) is 12.1 Å². The number of hydrogen-bond acceptors (Lipinski definition) is 4. The van der Waals surface area contributed by atoms with Gasteiger partial charge in [-0.2, -0.15) is 0 Å². The highest BCUT2D eigenvalue weighted by molar-refractivity contribution is 5.95. The van der Waals surface area contributed by atoms with E-state index >= 15 is 0 Å². The maximum atomic E-state index is 13.0. The largest absolute Gasteiger partial charge is 0.491 e. The lowest BCUT2D eigenvalue weighted by Gasteiger charge is -2.27. The molecule has 1 atom stereocenters. The number of ether oxygens (including phenoxy) is 2. The van der Waals surface area contributed by atoms with Crippen LogP contribution in [0.5, 0.6) is 5.75 Å². The molecule has 0 spiro atoms. The first-order valence-corrected chi connectivity index (χ1v) is 11.0. The molecular formula is C25H30N2O4. The van der Waals surface area contributed by atoms with E-state index in [0.717, 1.165) is 30.5 Å². The van der Waals surface area contributed by atoms with Gasteiger partial charge < -0.3 is 19.3 Å². The van der Waals surface area contributed by atoms with Gasteiger partial charge in [-0.3, -0.25) is 9.59 Å². The topological polar surface area (TPSA) is 59.1 Å². The summed E-state index contributed by atoms with van der Waals surface area (Å²) in [6.45, 7) is 7.73. The second kappa shape index (κ2) is 9.52. The molecule has 2 fully saturated rings. The average Bonchev–Trinajstić information content (AvgIpc) is 3.28. The molecule has 2 aliphatic heterocycles. The van der Waals surface area contributed by atoms with E-state index in [-0.39, 0.29) is 17.9 Å². The van der Waals surface area contributed by atoms with Gasteiger partial charge in [0.2, 0.25) is 0 Å². The number of carbonyl (C=O) groups is 2. The summed E-state index contributed by atoms with van der Waals surface area (Å²) < 4.78 is 11.3. The zero-order valence-corrected chi connectivity index (χ0v) is 18.3. The van der Waals surface area contributed by atoms with E-state index in [1.807, 2.05) is 47.1 Å². The fourth-order valence-corrected chi connectivity index (χ4v) is 4.15. The van der Waals surface area contributed by atoms with Gasteiger partial charge in [0.25, 0.3) is 11.8 Å². The van der Waals surface area contributed by atoms with Gasteiger partial charge in [0.15, 0.2) is 0 Å². The van der Waals surface area contributed by atoms with Crippen molar-refractivity contribution in [2.75, 3.05) is 39.5 Å². The molecule has 0 N–H and O–H groups in total. The van der Waals surface area contributed by atoms with Crippen molar-refractivity contribution >= 4 is 11.8 Å². The van der Waals surface area contributed by atoms with Gasteiger partial charge in [-0.05, 0) is 74.2 Å². The second-order valence-corrected chi connectivity index (χ2v) is 8.33. The van der Waals surface area contributed by atoms with Crippen LogP contribution >= 0.6 is 0 Å². The molecule has 2 aliphatic rings. The molecule has 0 bridgehead atoms. The zero-order valence-electron chi connectivity index (χ0n) is 18.3. The number of hydrogen-bond donors (Lipinski definition) is 0. The molecule has 6 heteroatoms. The summed E-state index contributed by atoms with van der Waals surface area (Å²) >= 11 is 0. The molecule has 0 aromatic heterocycles. The van der Waals surface area contributed by atoms with Crippen molar-refractivity contribution in [2.24, 2.45) is 0 Å². The van der Waals surface area contributed by atoms with Gasteiger partial charge in [-0.1, -0.05) is 6.07 Å². The van der Waals surface area contributed by atoms with Crippen LogP contribution in [0.25, 0.3) is 0 Å². The Morgan fingerprint density at radius 2 is 1.65 bits per heavy atom. The molecule has 6 nitrogen and oxygen atoms in total. The van der Waals surface area contributed by atoms with Crippen molar-refractivity contribution in [3.8, 4) is 5.75 Å². The van der Waals surface area contributed by atoms with Crippen molar-refractivity contribution in [3.63, 3.8) is 0 Å². The number of carbonyl (C=O) groups excluding carboxylic acids is 2. The highest BCUT2D eigenvalue weighted by atomic mass is 16.5. The third-order valence-corrected chi connectivity index (χ3v) is 6.23. The van der Waals surface area contributed by atoms with Crippen molar-refractivity contribution in [1.82, 2.24) is 9.80 Å². The van der Waals surface area contributed by atoms with Crippen molar-refractivity contribution in [2.45, 2.75) is 32.7 Å². The molecule has 0 saturated carbocycles. The number of benzene rings is 2. The number of rotatable bonds is 5. The third kappa shape index (κ3) is 4.90. The number of nitrogens with zero attached hydrogens (tertiary/aromatic N) is 2.